The first kappa shape index (κ1) is 14.6. The van der Waals surface area contributed by atoms with Gasteiger partial charge in [-0.15, -0.1) is 0 Å². The Labute approximate surface area is 127 Å². The molecule has 0 bridgehead atoms. The van der Waals surface area contributed by atoms with Gasteiger partial charge in [0, 0.05) is 31.6 Å². The monoisotopic (exact) mass is 286 g/mol. The van der Waals surface area contributed by atoms with Gasteiger partial charge in [-0.05, 0) is 50.2 Å². The molecule has 1 aromatic carbocycles. The Morgan fingerprint density at radius 1 is 1.19 bits per heavy atom. The summed E-state index contributed by atoms with van der Waals surface area (Å²) in [5, 5.41) is 3.22. The van der Waals surface area contributed by atoms with Crippen molar-refractivity contribution in [2.24, 2.45) is 0 Å². The summed E-state index contributed by atoms with van der Waals surface area (Å²) in [5.74, 6) is 0.211. The third kappa shape index (κ3) is 4.07. The molecule has 1 aromatic rings. The van der Waals surface area contributed by atoms with Crippen molar-refractivity contribution in [2.45, 2.75) is 57.5 Å². The lowest BCUT2D eigenvalue weighted by molar-refractivity contribution is -0.122. The minimum atomic E-state index is 0.211. The van der Waals surface area contributed by atoms with Gasteiger partial charge in [-0.1, -0.05) is 24.3 Å². The molecule has 1 aliphatic carbocycles. The molecule has 114 valence electrons. The quantitative estimate of drug-likeness (QED) is 0.902. The largest absolute Gasteiger partial charge is 0.353 e. The van der Waals surface area contributed by atoms with Gasteiger partial charge in [-0.25, -0.2) is 0 Å². The summed E-state index contributed by atoms with van der Waals surface area (Å²) in [6, 6.07) is 9.59. The number of benzene rings is 1. The Hall–Kier alpha value is -1.35. The van der Waals surface area contributed by atoms with Gasteiger partial charge in [-0.3, -0.25) is 4.79 Å². The molecule has 0 unspecified atom stereocenters. The van der Waals surface area contributed by atoms with E-state index in [4.69, 9.17) is 0 Å². The molecule has 21 heavy (non-hydrogen) atoms. The van der Waals surface area contributed by atoms with E-state index in [1.54, 1.807) is 0 Å². The molecule has 3 nitrogen and oxygen atoms in total. The van der Waals surface area contributed by atoms with Crippen molar-refractivity contribution in [3.05, 3.63) is 35.4 Å². The SMILES string of the molecule is Cc1ccccc1CCC(=O)NC1CCN(C2CC2)CC1. The third-order valence-electron chi connectivity index (χ3n) is 4.84. The summed E-state index contributed by atoms with van der Waals surface area (Å²) in [6.07, 6.45) is 6.45. The molecule has 0 spiro atoms. The Kier molecular flexibility index (Phi) is 4.59. The number of hydrogen-bond acceptors (Lipinski definition) is 2. The normalized spacial score (nSPS) is 20.4. The van der Waals surface area contributed by atoms with E-state index in [1.165, 1.54) is 24.0 Å². The number of piperidine rings is 1. The molecule has 3 rings (SSSR count). The molecule has 1 heterocycles. The van der Waals surface area contributed by atoms with Gasteiger partial charge in [0.2, 0.25) is 5.91 Å². The van der Waals surface area contributed by atoms with Crippen LogP contribution in [0.2, 0.25) is 0 Å². The highest BCUT2D eigenvalue weighted by Gasteiger charge is 2.31. The van der Waals surface area contributed by atoms with Gasteiger partial charge in [0.1, 0.15) is 0 Å². The van der Waals surface area contributed by atoms with Crippen molar-refractivity contribution in [2.75, 3.05) is 13.1 Å². The van der Waals surface area contributed by atoms with Gasteiger partial charge in [0.15, 0.2) is 0 Å². The highest BCUT2D eigenvalue weighted by Crippen LogP contribution is 2.29. The zero-order valence-electron chi connectivity index (χ0n) is 13.0. The highest BCUT2D eigenvalue weighted by atomic mass is 16.1. The van der Waals surface area contributed by atoms with Crippen LogP contribution in [-0.4, -0.2) is 36.0 Å². The molecule has 0 radical (unpaired) electrons. The second-order valence-electron chi connectivity index (χ2n) is 6.54. The first-order chi connectivity index (χ1) is 10.2. The number of aryl methyl sites for hydroxylation is 2. The van der Waals surface area contributed by atoms with Crippen molar-refractivity contribution in [1.29, 1.82) is 0 Å². The summed E-state index contributed by atoms with van der Waals surface area (Å²) in [4.78, 5) is 14.7. The molecule has 1 N–H and O–H groups in total. The first-order valence-corrected chi connectivity index (χ1v) is 8.30. The van der Waals surface area contributed by atoms with Crippen molar-refractivity contribution >= 4 is 5.91 Å². The van der Waals surface area contributed by atoms with Crippen molar-refractivity contribution in [1.82, 2.24) is 10.2 Å². The Balaban J connectivity index is 1.39. The molecule has 3 heteroatoms. The van der Waals surface area contributed by atoms with Crippen molar-refractivity contribution < 1.29 is 4.79 Å². The number of nitrogens with zero attached hydrogens (tertiary/aromatic N) is 1. The average Bonchev–Trinajstić information content (AvgIpc) is 3.32. The minimum Gasteiger partial charge on any atom is -0.353 e. The Morgan fingerprint density at radius 3 is 2.57 bits per heavy atom. The first-order valence-electron chi connectivity index (χ1n) is 8.30. The number of carbonyl (C=O) groups excluding carboxylic acids is 1. The predicted octanol–water partition coefficient (Wildman–Crippen LogP) is 2.67. The van der Waals surface area contributed by atoms with Gasteiger partial charge in [-0.2, -0.15) is 0 Å². The molecule has 0 aromatic heterocycles. The fourth-order valence-electron chi connectivity index (χ4n) is 3.29. The molecule has 1 saturated carbocycles. The fraction of sp³-hybridized carbons (Fsp3) is 0.611. The molecular formula is C18H26N2O. The molecule has 0 atom stereocenters. The molecule has 1 aliphatic heterocycles. The van der Waals surface area contributed by atoms with Crippen LogP contribution in [0.15, 0.2) is 24.3 Å². The smallest absolute Gasteiger partial charge is 0.220 e. The van der Waals surface area contributed by atoms with Gasteiger partial charge in [0.25, 0.3) is 0 Å². The summed E-state index contributed by atoms with van der Waals surface area (Å²) >= 11 is 0. The molecule has 2 aliphatic rings. The number of likely N-dealkylation sites (tertiary alicyclic amines) is 1. The predicted molar refractivity (Wildman–Crippen MR) is 85.3 cm³/mol. The van der Waals surface area contributed by atoms with E-state index in [9.17, 15) is 4.79 Å². The maximum atomic E-state index is 12.1. The van der Waals surface area contributed by atoms with Crippen molar-refractivity contribution in [3.8, 4) is 0 Å². The lowest BCUT2D eigenvalue weighted by Crippen LogP contribution is -2.45. The number of carbonyl (C=O) groups is 1. The van der Waals surface area contributed by atoms with Crippen LogP contribution in [0.1, 0.15) is 43.2 Å². The van der Waals surface area contributed by atoms with Crippen LogP contribution < -0.4 is 5.32 Å². The molecule has 1 saturated heterocycles. The van der Waals surface area contributed by atoms with E-state index in [1.807, 2.05) is 12.1 Å². The minimum absolute atomic E-state index is 0.211. The molecule has 1 amide bonds. The second-order valence-corrected chi connectivity index (χ2v) is 6.54. The summed E-state index contributed by atoms with van der Waals surface area (Å²) in [7, 11) is 0. The van der Waals surface area contributed by atoms with Crippen molar-refractivity contribution in [3.63, 3.8) is 0 Å². The zero-order valence-corrected chi connectivity index (χ0v) is 13.0. The maximum Gasteiger partial charge on any atom is 0.220 e. The van der Waals surface area contributed by atoms with Crippen LogP contribution >= 0.6 is 0 Å². The van der Waals surface area contributed by atoms with E-state index in [-0.39, 0.29) is 5.91 Å². The van der Waals surface area contributed by atoms with Crippen LogP contribution in [0.4, 0.5) is 0 Å². The zero-order chi connectivity index (χ0) is 14.7. The van der Waals surface area contributed by atoms with E-state index < -0.39 is 0 Å². The van der Waals surface area contributed by atoms with Gasteiger partial charge in [0.05, 0.1) is 0 Å². The summed E-state index contributed by atoms with van der Waals surface area (Å²) < 4.78 is 0. The lowest BCUT2D eigenvalue weighted by Gasteiger charge is -2.32. The van der Waals surface area contributed by atoms with E-state index in [0.29, 0.717) is 12.5 Å². The van der Waals surface area contributed by atoms with Gasteiger partial charge >= 0.3 is 0 Å². The van der Waals surface area contributed by atoms with Crippen LogP contribution in [0.25, 0.3) is 0 Å². The lowest BCUT2D eigenvalue weighted by atomic mass is 10.0. The average molecular weight is 286 g/mol. The number of amides is 1. The number of nitrogens with one attached hydrogen (secondary N) is 1. The molecular weight excluding hydrogens is 260 g/mol. The second kappa shape index (κ2) is 6.61. The Morgan fingerprint density at radius 2 is 1.90 bits per heavy atom. The highest BCUT2D eigenvalue weighted by molar-refractivity contribution is 5.76. The van der Waals surface area contributed by atoms with Crippen LogP contribution in [0.3, 0.4) is 0 Å². The fourth-order valence-corrected chi connectivity index (χ4v) is 3.29. The van der Waals surface area contributed by atoms with E-state index in [0.717, 1.165) is 38.4 Å². The van der Waals surface area contributed by atoms with Gasteiger partial charge < -0.3 is 10.2 Å². The summed E-state index contributed by atoms with van der Waals surface area (Å²) in [6.45, 7) is 4.43. The number of hydrogen-bond donors (Lipinski definition) is 1. The number of rotatable bonds is 5. The van der Waals surface area contributed by atoms with E-state index in [2.05, 4.69) is 29.3 Å². The maximum absolute atomic E-state index is 12.1. The van der Waals surface area contributed by atoms with E-state index >= 15 is 0 Å². The van der Waals surface area contributed by atoms with Crippen LogP contribution in [-0.2, 0) is 11.2 Å². The Bertz CT molecular complexity index is 488. The molecule has 2 fully saturated rings. The topological polar surface area (TPSA) is 32.3 Å². The van der Waals surface area contributed by atoms with Crippen LogP contribution in [0.5, 0.6) is 0 Å². The van der Waals surface area contributed by atoms with Crippen LogP contribution in [0, 0.1) is 6.92 Å². The third-order valence-corrected chi connectivity index (χ3v) is 4.84. The standard InChI is InChI=1S/C18H26N2O/c1-14-4-2-3-5-15(14)6-9-18(21)19-16-10-12-20(13-11-16)17-7-8-17/h2-5,16-17H,6-13H2,1H3,(H,19,21). The summed E-state index contributed by atoms with van der Waals surface area (Å²) in [5.41, 5.74) is 2.57.